The predicted octanol–water partition coefficient (Wildman–Crippen LogP) is -0.0941. The average Bonchev–Trinajstić information content (AvgIpc) is 2.86. The second-order valence-corrected chi connectivity index (χ2v) is 5.28. The lowest BCUT2D eigenvalue weighted by Gasteiger charge is -2.35. The number of hydrogen-bond donors (Lipinski definition) is 1. The summed E-state index contributed by atoms with van der Waals surface area (Å²) in [5.74, 6) is -0.286. The molecule has 1 unspecified atom stereocenters. The molecule has 2 fully saturated rings. The minimum Gasteiger partial charge on any atom is -0.466 e. The fraction of sp³-hybridized carbons (Fsp3) is 0.846. The molecular formula is C13H22N2O4. The number of hydrogen-bond acceptors (Lipinski definition) is 5. The summed E-state index contributed by atoms with van der Waals surface area (Å²) >= 11 is 0. The highest BCUT2D eigenvalue weighted by molar-refractivity contribution is 5.87. The van der Waals surface area contributed by atoms with Gasteiger partial charge in [0.15, 0.2) is 0 Å². The first kappa shape index (κ1) is 14.3. The standard InChI is InChI=1S/C13H22N2O4/c1-2-19-11(16)10-3-6-15(7-4-10)12(17)13(14)5-8-18-9-13/h10H,2-9,14H2,1H3. The Hall–Kier alpha value is -1.14. The van der Waals surface area contributed by atoms with E-state index in [0.29, 0.717) is 52.2 Å². The van der Waals surface area contributed by atoms with Gasteiger partial charge in [-0.2, -0.15) is 0 Å². The zero-order valence-electron chi connectivity index (χ0n) is 11.4. The molecule has 0 spiro atoms. The quantitative estimate of drug-likeness (QED) is 0.725. The Morgan fingerprint density at radius 3 is 2.63 bits per heavy atom. The van der Waals surface area contributed by atoms with Crippen molar-refractivity contribution >= 4 is 11.9 Å². The van der Waals surface area contributed by atoms with Crippen LogP contribution in [0, 0.1) is 5.92 Å². The number of esters is 1. The molecule has 0 aromatic carbocycles. The van der Waals surface area contributed by atoms with Gasteiger partial charge in [0.25, 0.3) is 0 Å². The minimum absolute atomic E-state index is 0.0488. The van der Waals surface area contributed by atoms with E-state index in [4.69, 9.17) is 15.2 Å². The zero-order valence-corrected chi connectivity index (χ0v) is 11.4. The molecule has 0 bridgehead atoms. The maximum Gasteiger partial charge on any atom is 0.309 e. The third-order valence-electron chi connectivity index (χ3n) is 3.88. The van der Waals surface area contributed by atoms with Crippen LogP contribution >= 0.6 is 0 Å². The van der Waals surface area contributed by atoms with Gasteiger partial charge in [0.1, 0.15) is 5.54 Å². The third-order valence-corrected chi connectivity index (χ3v) is 3.88. The van der Waals surface area contributed by atoms with Gasteiger partial charge in [0, 0.05) is 19.7 Å². The number of rotatable bonds is 3. The van der Waals surface area contributed by atoms with Crippen molar-refractivity contribution in [2.75, 3.05) is 32.9 Å². The Morgan fingerprint density at radius 2 is 2.11 bits per heavy atom. The lowest BCUT2D eigenvalue weighted by Crippen LogP contribution is -2.57. The first-order valence-corrected chi connectivity index (χ1v) is 6.89. The molecule has 0 aromatic rings. The first-order valence-electron chi connectivity index (χ1n) is 6.89. The summed E-state index contributed by atoms with van der Waals surface area (Å²) in [6.07, 6.45) is 1.88. The highest BCUT2D eigenvalue weighted by Crippen LogP contribution is 2.24. The number of piperidine rings is 1. The molecule has 6 heteroatoms. The molecule has 2 rings (SSSR count). The second kappa shape index (κ2) is 5.88. The molecule has 6 nitrogen and oxygen atoms in total. The monoisotopic (exact) mass is 270 g/mol. The molecule has 1 amide bonds. The van der Waals surface area contributed by atoms with Gasteiger partial charge in [-0.3, -0.25) is 9.59 Å². The Morgan fingerprint density at radius 1 is 1.42 bits per heavy atom. The molecule has 0 aliphatic carbocycles. The van der Waals surface area contributed by atoms with E-state index in [2.05, 4.69) is 0 Å². The van der Waals surface area contributed by atoms with E-state index in [1.165, 1.54) is 0 Å². The molecule has 108 valence electrons. The topological polar surface area (TPSA) is 81.9 Å². The molecular weight excluding hydrogens is 248 g/mol. The van der Waals surface area contributed by atoms with E-state index < -0.39 is 5.54 Å². The van der Waals surface area contributed by atoms with Gasteiger partial charge in [-0.15, -0.1) is 0 Å². The van der Waals surface area contributed by atoms with Crippen molar-refractivity contribution in [1.82, 2.24) is 4.90 Å². The summed E-state index contributed by atoms with van der Waals surface area (Å²) in [6, 6.07) is 0. The van der Waals surface area contributed by atoms with Crippen LogP contribution < -0.4 is 5.73 Å². The number of carbonyl (C=O) groups excluding carboxylic acids is 2. The Labute approximate surface area is 113 Å². The van der Waals surface area contributed by atoms with Crippen LogP contribution in [0.3, 0.4) is 0 Å². The first-order chi connectivity index (χ1) is 9.07. The number of likely N-dealkylation sites (tertiary alicyclic amines) is 1. The summed E-state index contributed by atoms with van der Waals surface area (Å²) < 4.78 is 10.2. The summed E-state index contributed by atoms with van der Waals surface area (Å²) in [5.41, 5.74) is 5.20. The molecule has 1 atom stereocenters. The highest BCUT2D eigenvalue weighted by Gasteiger charge is 2.42. The maximum absolute atomic E-state index is 12.3. The zero-order chi connectivity index (χ0) is 13.9. The van der Waals surface area contributed by atoms with Crippen molar-refractivity contribution < 1.29 is 19.1 Å². The van der Waals surface area contributed by atoms with E-state index in [9.17, 15) is 9.59 Å². The average molecular weight is 270 g/mol. The van der Waals surface area contributed by atoms with Gasteiger partial charge < -0.3 is 20.1 Å². The van der Waals surface area contributed by atoms with Gasteiger partial charge in [-0.05, 0) is 26.2 Å². The van der Waals surface area contributed by atoms with E-state index in [-0.39, 0.29) is 17.8 Å². The number of ether oxygens (including phenoxy) is 2. The number of nitrogens with zero attached hydrogens (tertiary/aromatic N) is 1. The van der Waals surface area contributed by atoms with Crippen molar-refractivity contribution in [1.29, 1.82) is 0 Å². The van der Waals surface area contributed by atoms with Crippen molar-refractivity contribution in [2.45, 2.75) is 31.7 Å². The molecule has 2 aliphatic heterocycles. The van der Waals surface area contributed by atoms with E-state index in [1.807, 2.05) is 0 Å². The van der Waals surface area contributed by atoms with E-state index in [0.717, 1.165) is 0 Å². The molecule has 2 saturated heterocycles. The van der Waals surface area contributed by atoms with Crippen molar-refractivity contribution in [3.8, 4) is 0 Å². The number of amides is 1. The van der Waals surface area contributed by atoms with Crippen LogP contribution in [-0.4, -0.2) is 55.2 Å². The van der Waals surface area contributed by atoms with Gasteiger partial charge in [0.2, 0.25) is 5.91 Å². The van der Waals surface area contributed by atoms with Gasteiger partial charge >= 0.3 is 5.97 Å². The van der Waals surface area contributed by atoms with Crippen molar-refractivity contribution in [3.63, 3.8) is 0 Å². The normalized spacial score (nSPS) is 28.4. The number of carbonyl (C=O) groups is 2. The Balaban J connectivity index is 1.86. The van der Waals surface area contributed by atoms with Crippen LogP contribution in [-0.2, 0) is 19.1 Å². The fourth-order valence-electron chi connectivity index (χ4n) is 2.64. The molecule has 2 heterocycles. The van der Waals surface area contributed by atoms with Crippen LogP contribution in [0.5, 0.6) is 0 Å². The fourth-order valence-corrected chi connectivity index (χ4v) is 2.64. The van der Waals surface area contributed by atoms with Gasteiger partial charge in [-0.1, -0.05) is 0 Å². The van der Waals surface area contributed by atoms with E-state index in [1.54, 1.807) is 11.8 Å². The molecule has 0 saturated carbocycles. The molecule has 0 aromatic heterocycles. The van der Waals surface area contributed by atoms with Crippen LogP contribution in [0.4, 0.5) is 0 Å². The Kier molecular flexibility index (Phi) is 4.42. The summed E-state index contributed by atoms with van der Waals surface area (Å²) in [7, 11) is 0. The predicted molar refractivity (Wildman–Crippen MR) is 68.3 cm³/mol. The lowest BCUT2D eigenvalue weighted by atomic mass is 9.93. The van der Waals surface area contributed by atoms with Crippen LogP contribution in [0.2, 0.25) is 0 Å². The SMILES string of the molecule is CCOC(=O)C1CCN(C(=O)C2(N)CCOC2)CC1. The highest BCUT2D eigenvalue weighted by atomic mass is 16.5. The molecule has 2 N–H and O–H groups in total. The number of nitrogens with two attached hydrogens (primary N) is 1. The third kappa shape index (κ3) is 3.06. The molecule has 19 heavy (non-hydrogen) atoms. The smallest absolute Gasteiger partial charge is 0.309 e. The Bertz CT molecular complexity index is 345. The molecule has 0 radical (unpaired) electrons. The van der Waals surface area contributed by atoms with Gasteiger partial charge in [0.05, 0.1) is 19.1 Å². The molecule has 2 aliphatic rings. The van der Waals surface area contributed by atoms with Crippen molar-refractivity contribution in [2.24, 2.45) is 11.7 Å². The second-order valence-electron chi connectivity index (χ2n) is 5.28. The van der Waals surface area contributed by atoms with Crippen LogP contribution in [0.25, 0.3) is 0 Å². The largest absolute Gasteiger partial charge is 0.466 e. The summed E-state index contributed by atoms with van der Waals surface area (Å²) in [5, 5.41) is 0. The van der Waals surface area contributed by atoms with Gasteiger partial charge in [-0.25, -0.2) is 0 Å². The lowest BCUT2D eigenvalue weighted by molar-refractivity contribution is -0.152. The summed E-state index contributed by atoms with van der Waals surface area (Å²) in [4.78, 5) is 25.7. The van der Waals surface area contributed by atoms with Crippen LogP contribution in [0.1, 0.15) is 26.2 Å². The van der Waals surface area contributed by atoms with Crippen molar-refractivity contribution in [3.05, 3.63) is 0 Å². The minimum atomic E-state index is -0.864. The summed E-state index contributed by atoms with van der Waals surface area (Å²) in [6.45, 7) is 4.18. The maximum atomic E-state index is 12.3. The van der Waals surface area contributed by atoms with E-state index >= 15 is 0 Å². The van der Waals surface area contributed by atoms with Crippen LogP contribution in [0.15, 0.2) is 0 Å².